The number of allylic oxidation sites excluding steroid dienone is 1. The number of carbonyl (C=O) groups is 1. The molecule has 0 saturated carbocycles. The van der Waals surface area contributed by atoms with Crippen LogP contribution in [-0.2, 0) is 6.54 Å². The number of anilines is 1. The van der Waals surface area contributed by atoms with Gasteiger partial charge in [-0.05, 0) is 24.4 Å². The second kappa shape index (κ2) is 6.15. The topological polar surface area (TPSA) is 75.2 Å². The average molecular weight is 347 g/mol. The van der Waals surface area contributed by atoms with E-state index in [1.54, 1.807) is 11.8 Å². The fourth-order valence-electron chi connectivity index (χ4n) is 3.28. The van der Waals surface area contributed by atoms with Crippen molar-refractivity contribution in [2.45, 2.75) is 13.5 Å². The summed E-state index contributed by atoms with van der Waals surface area (Å²) in [7, 11) is 0. The van der Waals surface area contributed by atoms with Gasteiger partial charge in [-0.25, -0.2) is 4.79 Å². The molecule has 0 aliphatic carbocycles. The molecule has 2 aromatic carbocycles. The molecular weight excluding hydrogens is 330 g/mol. The van der Waals surface area contributed by atoms with E-state index in [-0.39, 0.29) is 11.5 Å². The van der Waals surface area contributed by atoms with Crippen molar-refractivity contribution in [3.8, 4) is 0 Å². The second-order valence-electron chi connectivity index (χ2n) is 6.29. The van der Waals surface area contributed by atoms with Crippen molar-refractivity contribution in [1.82, 2.24) is 9.55 Å². The molecule has 6 nitrogen and oxygen atoms in total. The highest BCUT2D eigenvalue weighted by Crippen LogP contribution is 2.36. The van der Waals surface area contributed by atoms with Gasteiger partial charge in [-0.15, -0.1) is 0 Å². The maximum absolute atomic E-state index is 12.7. The van der Waals surface area contributed by atoms with E-state index in [9.17, 15) is 14.4 Å². The van der Waals surface area contributed by atoms with Crippen LogP contribution in [-0.4, -0.2) is 22.0 Å². The fourth-order valence-corrected chi connectivity index (χ4v) is 3.28. The third-order valence-electron chi connectivity index (χ3n) is 4.59. The first-order valence-corrected chi connectivity index (χ1v) is 8.35. The van der Waals surface area contributed by atoms with Crippen LogP contribution in [0.25, 0.3) is 10.8 Å². The van der Waals surface area contributed by atoms with E-state index in [4.69, 9.17) is 0 Å². The van der Waals surface area contributed by atoms with E-state index in [2.05, 4.69) is 4.98 Å². The molecule has 0 radical (unpaired) electrons. The molecule has 6 heteroatoms. The van der Waals surface area contributed by atoms with Crippen LogP contribution in [0.1, 0.15) is 15.9 Å². The van der Waals surface area contributed by atoms with Gasteiger partial charge in [-0.3, -0.25) is 19.1 Å². The Morgan fingerprint density at radius 2 is 1.73 bits per heavy atom. The van der Waals surface area contributed by atoms with Gasteiger partial charge >= 0.3 is 5.69 Å². The molecule has 26 heavy (non-hydrogen) atoms. The highest BCUT2D eigenvalue weighted by atomic mass is 16.2. The predicted octanol–water partition coefficient (Wildman–Crippen LogP) is 2.21. The van der Waals surface area contributed by atoms with Gasteiger partial charge in [0.1, 0.15) is 0 Å². The van der Waals surface area contributed by atoms with Gasteiger partial charge in [-0.1, -0.05) is 36.4 Å². The summed E-state index contributed by atoms with van der Waals surface area (Å²) in [4.78, 5) is 39.9. The highest BCUT2D eigenvalue weighted by Gasteiger charge is 2.28. The molecule has 0 atom stereocenters. The van der Waals surface area contributed by atoms with E-state index in [1.807, 2.05) is 48.6 Å². The number of rotatable bonds is 4. The van der Waals surface area contributed by atoms with Crippen molar-refractivity contribution in [2.24, 2.45) is 0 Å². The van der Waals surface area contributed by atoms with E-state index in [0.29, 0.717) is 18.7 Å². The summed E-state index contributed by atoms with van der Waals surface area (Å²) in [5, 5.41) is 2.04. The lowest BCUT2D eigenvalue weighted by atomic mass is 10.1. The molecule has 0 fully saturated rings. The molecule has 1 aliphatic heterocycles. The number of H-pyrrole nitrogens is 1. The van der Waals surface area contributed by atoms with Crippen LogP contribution in [0.3, 0.4) is 0 Å². The minimum Gasteiger partial charge on any atom is -0.304 e. The van der Waals surface area contributed by atoms with Crippen molar-refractivity contribution < 1.29 is 4.79 Å². The summed E-state index contributed by atoms with van der Waals surface area (Å²) in [6, 6.07) is 11.6. The maximum atomic E-state index is 12.7. The van der Waals surface area contributed by atoms with Crippen molar-refractivity contribution in [1.29, 1.82) is 0 Å². The molecule has 2 heterocycles. The quantitative estimate of drug-likeness (QED) is 0.735. The fraction of sp³-hybridized carbons (Fsp3) is 0.150. The second-order valence-corrected chi connectivity index (χ2v) is 6.29. The van der Waals surface area contributed by atoms with Gasteiger partial charge in [0, 0.05) is 35.8 Å². The molecule has 0 unspecified atom stereocenters. The largest absolute Gasteiger partial charge is 0.328 e. The minimum atomic E-state index is -0.445. The Kier molecular flexibility index (Phi) is 3.80. The zero-order chi connectivity index (χ0) is 18.3. The van der Waals surface area contributed by atoms with E-state index in [1.165, 1.54) is 10.8 Å². The molecule has 1 aromatic heterocycles. The Bertz CT molecular complexity index is 1170. The standard InChI is InChI=1S/C20H17N3O3/c1-13-12-22(20(26)21-18(13)24)10-2-3-11-23-16-9-5-7-14-6-4-8-15(17(14)16)19(23)25/h2-9,12H,10-11H2,1H3,(H,21,24,26)/b3-2+. The third kappa shape index (κ3) is 2.56. The summed E-state index contributed by atoms with van der Waals surface area (Å²) >= 11 is 0. The third-order valence-corrected chi connectivity index (χ3v) is 4.59. The maximum Gasteiger partial charge on any atom is 0.328 e. The van der Waals surface area contributed by atoms with Crippen LogP contribution in [0.5, 0.6) is 0 Å². The van der Waals surface area contributed by atoms with Crippen LogP contribution >= 0.6 is 0 Å². The van der Waals surface area contributed by atoms with Gasteiger partial charge in [0.05, 0.1) is 5.69 Å². The summed E-state index contributed by atoms with van der Waals surface area (Å²) in [5.74, 6) is -0.0153. The van der Waals surface area contributed by atoms with Gasteiger partial charge in [0.15, 0.2) is 0 Å². The molecule has 4 rings (SSSR count). The van der Waals surface area contributed by atoms with Gasteiger partial charge in [0.25, 0.3) is 11.5 Å². The summed E-state index contributed by atoms with van der Waals surface area (Å²) < 4.78 is 1.43. The number of aromatic nitrogens is 2. The van der Waals surface area contributed by atoms with Crippen LogP contribution in [0, 0.1) is 6.92 Å². The van der Waals surface area contributed by atoms with E-state index in [0.717, 1.165) is 22.0 Å². The summed E-state index contributed by atoms with van der Waals surface area (Å²) in [6.45, 7) is 2.40. The van der Waals surface area contributed by atoms with Crippen LogP contribution in [0.4, 0.5) is 5.69 Å². The number of hydrogen-bond donors (Lipinski definition) is 1. The van der Waals surface area contributed by atoms with Gasteiger partial charge < -0.3 is 4.90 Å². The Balaban J connectivity index is 1.55. The summed E-state index contributed by atoms with van der Waals surface area (Å²) in [5.41, 5.74) is 1.29. The lowest BCUT2D eigenvalue weighted by molar-refractivity contribution is 0.0996. The first-order chi connectivity index (χ1) is 12.6. The van der Waals surface area contributed by atoms with Crippen LogP contribution in [0.15, 0.2) is 64.3 Å². The van der Waals surface area contributed by atoms with E-state index >= 15 is 0 Å². The first kappa shape index (κ1) is 16.1. The van der Waals surface area contributed by atoms with Crippen molar-refractivity contribution in [3.05, 3.63) is 86.7 Å². The average Bonchev–Trinajstić information content (AvgIpc) is 2.90. The Morgan fingerprint density at radius 1 is 1.00 bits per heavy atom. The Hall–Kier alpha value is -3.41. The number of carbonyl (C=O) groups excluding carboxylic acids is 1. The number of benzene rings is 2. The number of aromatic amines is 1. The van der Waals surface area contributed by atoms with Crippen molar-refractivity contribution in [2.75, 3.05) is 11.4 Å². The molecule has 0 spiro atoms. The molecule has 1 amide bonds. The molecular formula is C20H17N3O3. The van der Waals surface area contributed by atoms with Gasteiger partial charge in [-0.2, -0.15) is 0 Å². The molecule has 1 aliphatic rings. The number of nitrogens with one attached hydrogen (secondary N) is 1. The molecule has 0 bridgehead atoms. The number of nitrogens with zero attached hydrogens (tertiary/aromatic N) is 2. The molecule has 3 aromatic rings. The Morgan fingerprint density at radius 3 is 2.54 bits per heavy atom. The number of aryl methyl sites for hydroxylation is 1. The first-order valence-electron chi connectivity index (χ1n) is 8.35. The van der Waals surface area contributed by atoms with Crippen molar-refractivity contribution in [3.63, 3.8) is 0 Å². The monoisotopic (exact) mass is 347 g/mol. The van der Waals surface area contributed by atoms with Crippen molar-refractivity contribution >= 4 is 22.4 Å². The highest BCUT2D eigenvalue weighted by molar-refractivity contribution is 6.25. The molecule has 0 saturated heterocycles. The van der Waals surface area contributed by atoms with Crippen LogP contribution < -0.4 is 16.1 Å². The number of hydrogen-bond acceptors (Lipinski definition) is 3. The lowest BCUT2D eigenvalue weighted by Gasteiger charge is -2.15. The zero-order valence-corrected chi connectivity index (χ0v) is 14.2. The molecule has 130 valence electrons. The number of amides is 1. The van der Waals surface area contributed by atoms with E-state index < -0.39 is 5.69 Å². The Labute approximate surface area is 149 Å². The van der Waals surface area contributed by atoms with Gasteiger partial charge in [0.2, 0.25) is 0 Å². The predicted molar refractivity (Wildman–Crippen MR) is 101 cm³/mol. The summed E-state index contributed by atoms with van der Waals surface area (Å²) in [6.07, 6.45) is 5.20. The smallest absolute Gasteiger partial charge is 0.304 e. The minimum absolute atomic E-state index is 0.0153. The normalized spacial score (nSPS) is 13.3. The lowest BCUT2D eigenvalue weighted by Crippen LogP contribution is -2.30. The molecule has 1 N–H and O–H groups in total. The SMILES string of the molecule is Cc1cn(C/C=C/CN2C(=O)c3cccc4cccc2c34)c(=O)[nH]c1=O. The van der Waals surface area contributed by atoms with Crippen LogP contribution in [0.2, 0.25) is 0 Å². The zero-order valence-electron chi connectivity index (χ0n) is 14.2.